The van der Waals surface area contributed by atoms with Crippen LogP contribution in [0.1, 0.15) is 18.7 Å². The highest BCUT2D eigenvalue weighted by molar-refractivity contribution is 5.75. The van der Waals surface area contributed by atoms with Gasteiger partial charge in [0.2, 0.25) is 0 Å². The van der Waals surface area contributed by atoms with E-state index in [1.54, 1.807) is 0 Å². The maximum absolute atomic E-state index is 8.88. The van der Waals surface area contributed by atoms with Crippen LogP contribution in [-0.4, -0.2) is 21.3 Å². The zero-order valence-corrected chi connectivity index (χ0v) is 9.63. The van der Waals surface area contributed by atoms with Crippen molar-refractivity contribution in [1.29, 1.82) is 5.26 Å². The van der Waals surface area contributed by atoms with Gasteiger partial charge in [-0.3, -0.25) is 0 Å². The SMILES string of the molecule is N#CCCn1c(CCCO)nc2ccccc21. The molecule has 1 aromatic carbocycles. The molecule has 0 radical (unpaired) electrons. The zero-order chi connectivity index (χ0) is 12.1. The van der Waals surface area contributed by atoms with Crippen molar-refractivity contribution in [3.05, 3.63) is 30.1 Å². The van der Waals surface area contributed by atoms with Crippen molar-refractivity contribution >= 4 is 11.0 Å². The van der Waals surface area contributed by atoms with Crippen molar-refractivity contribution in [2.45, 2.75) is 25.8 Å². The molecule has 2 rings (SSSR count). The van der Waals surface area contributed by atoms with E-state index in [1.165, 1.54) is 0 Å². The fourth-order valence-electron chi connectivity index (χ4n) is 1.96. The summed E-state index contributed by atoms with van der Waals surface area (Å²) in [6.07, 6.45) is 1.93. The maximum atomic E-state index is 8.88. The number of aliphatic hydroxyl groups excluding tert-OH is 1. The molecular weight excluding hydrogens is 214 g/mol. The predicted octanol–water partition coefficient (Wildman–Crippen LogP) is 1.87. The lowest BCUT2D eigenvalue weighted by Crippen LogP contribution is -2.04. The average Bonchev–Trinajstić information content (AvgIpc) is 2.71. The molecule has 4 heteroatoms. The minimum Gasteiger partial charge on any atom is -0.396 e. The summed E-state index contributed by atoms with van der Waals surface area (Å²) in [5, 5.41) is 17.6. The van der Waals surface area contributed by atoms with Gasteiger partial charge in [-0.05, 0) is 18.6 Å². The van der Waals surface area contributed by atoms with E-state index in [9.17, 15) is 0 Å². The van der Waals surface area contributed by atoms with Gasteiger partial charge in [-0.25, -0.2) is 4.98 Å². The molecule has 0 aliphatic carbocycles. The molecule has 0 fully saturated rings. The molecule has 0 atom stereocenters. The smallest absolute Gasteiger partial charge is 0.109 e. The molecule has 0 amide bonds. The van der Waals surface area contributed by atoms with E-state index in [0.29, 0.717) is 19.4 Å². The van der Waals surface area contributed by atoms with Gasteiger partial charge in [0.05, 0.1) is 23.5 Å². The molecule has 0 spiro atoms. The number of hydrogen-bond acceptors (Lipinski definition) is 3. The Kier molecular flexibility index (Phi) is 3.73. The Bertz CT molecular complexity index is 539. The second kappa shape index (κ2) is 5.46. The van der Waals surface area contributed by atoms with E-state index in [1.807, 2.05) is 24.3 Å². The lowest BCUT2D eigenvalue weighted by atomic mass is 10.3. The standard InChI is InChI=1S/C13H15N3O/c14-8-4-9-16-12-6-2-1-5-11(12)15-13(16)7-3-10-17/h1-2,5-6,17H,3-4,7,9-10H2. The lowest BCUT2D eigenvalue weighted by molar-refractivity contribution is 0.287. The first-order valence-corrected chi connectivity index (χ1v) is 5.78. The summed E-state index contributed by atoms with van der Waals surface area (Å²) in [5.41, 5.74) is 2.02. The van der Waals surface area contributed by atoms with Crippen molar-refractivity contribution in [1.82, 2.24) is 9.55 Å². The number of hydrogen-bond donors (Lipinski definition) is 1. The number of rotatable bonds is 5. The zero-order valence-electron chi connectivity index (χ0n) is 9.63. The van der Waals surface area contributed by atoms with E-state index in [-0.39, 0.29) is 6.61 Å². The normalized spacial score (nSPS) is 10.6. The maximum Gasteiger partial charge on any atom is 0.109 e. The molecule has 0 saturated carbocycles. The van der Waals surface area contributed by atoms with Gasteiger partial charge in [0.15, 0.2) is 0 Å². The topological polar surface area (TPSA) is 61.8 Å². The van der Waals surface area contributed by atoms with Crippen molar-refractivity contribution < 1.29 is 5.11 Å². The van der Waals surface area contributed by atoms with Crippen LogP contribution in [0.5, 0.6) is 0 Å². The third-order valence-corrected chi connectivity index (χ3v) is 2.74. The van der Waals surface area contributed by atoms with Crippen LogP contribution in [0.15, 0.2) is 24.3 Å². The number of para-hydroxylation sites is 2. The number of aryl methyl sites for hydroxylation is 2. The molecule has 0 unspecified atom stereocenters. The van der Waals surface area contributed by atoms with Gasteiger partial charge in [-0.2, -0.15) is 5.26 Å². The monoisotopic (exact) mass is 229 g/mol. The summed E-state index contributed by atoms with van der Waals surface area (Å²) in [6, 6.07) is 10.1. The molecule has 17 heavy (non-hydrogen) atoms. The molecule has 0 aliphatic rings. The Morgan fingerprint density at radius 1 is 1.35 bits per heavy atom. The summed E-state index contributed by atoms with van der Waals surface area (Å²) in [5.74, 6) is 0.954. The second-order valence-corrected chi connectivity index (χ2v) is 3.90. The molecule has 1 heterocycles. The fourth-order valence-corrected chi connectivity index (χ4v) is 1.96. The first kappa shape index (κ1) is 11.6. The van der Waals surface area contributed by atoms with Gasteiger partial charge in [0.1, 0.15) is 5.82 Å². The number of nitrogens with zero attached hydrogens (tertiary/aromatic N) is 3. The van der Waals surface area contributed by atoms with Gasteiger partial charge in [-0.1, -0.05) is 12.1 Å². The van der Waals surface area contributed by atoms with Crippen LogP contribution in [-0.2, 0) is 13.0 Å². The molecular formula is C13H15N3O. The largest absolute Gasteiger partial charge is 0.396 e. The third kappa shape index (κ3) is 2.45. The average molecular weight is 229 g/mol. The van der Waals surface area contributed by atoms with Crippen LogP contribution in [0.3, 0.4) is 0 Å². The van der Waals surface area contributed by atoms with Gasteiger partial charge in [-0.15, -0.1) is 0 Å². The number of fused-ring (bicyclic) bond motifs is 1. The lowest BCUT2D eigenvalue weighted by Gasteiger charge is -2.05. The number of imidazole rings is 1. The molecule has 0 aliphatic heterocycles. The quantitative estimate of drug-likeness (QED) is 0.851. The third-order valence-electron chi connectivity index (χ3n) is 2.74. The Hall–Kier alpha value is -1.86. The highest BCUT2D eigenvalue weighted by Crippen LogP contribution is 2.17. The summed E-state index contributed by atoms with van der Waals surface area (Å²) in [7, 11) is 0. The van der Waals surface area contributed by atoms with Gasteiger partial charge in [0, 0.05) is 19.6 Å². The molecule has 2 aromatic rings. The molecule has 88 valence electrons. The Morgan fingerprint density at radius 3 is 2.94 bits per heavy atom. The molecule has 1 N–H and O–H groups in total. The van der Waals surface area contributed by atoms with Gasteiger partial charge >= 0.3 is 0 Å². The fraction of sp³-hybridized carbons (Fsp3) is 0.385. The summed E-state index contributed by atoms with van der Waals surface area (Å²) in [4.78, 5) is 4.55. The first-order valence-electron chi connectivity index (χ1n) is 5.78. The number of benzene rings is 1. The van der Waals surface area contributed by atoms with E-state index in [2.05, 4.69) is 15.6 Å². The van der Waals surface area contributed by atoms with Crippen LogP contribution in [0.2, 0.25) is 0 Å². The number of nitriles is 1. The molecule has 0 bridgehead atoms. The second-order valence-electron chi connectivity index (χ2n) is 3.90. The van der Waals surface area contributed by atoms with Crippen molar-refractivity contribution in [3.8, 4) is 6.07 Å². The first-order chi connectivity index (χ1) is 8.36. The van der Waals surface area contributed by atoms with E-state index in [4.69, 9.17) is 10.4 Å². The summed E-state index contributed by atoms with van der Waals surface area (Å²) < 4.78 is 2.08. The Morgan fingerprint density at radius 2 is 2.18 bits per heavy atom. The Balaban J connectivity index is 2.38. The van der Waals surface area contributed by atoms with Crippen LogP contribution in [0, 0.1) is 11.3 Å². The molecule has 1 aromatic heterocycles. The van der Waals surface area contributed by atoms with Crippen molar-refractivity contribution in [2.75, 3.05) is 6.61 Å². The number of aliphatic hydroxyl groups is 1. The minimum atomic E-state index is 0.168. The van der Waals surface area contributed by atoms with Gasteiger partial charge in [0.25, 0.3) is 0 Å². The van der Waals surface area contributed by atoms with Crippen LogP contribution >= 0.6 is 0 Å². The van der Waals surface area contributed by atoms with E-state index < -0.39 is 0 Å². The van der Waals surface area contributed by atoms with E-state index in [0.717, 1.165) is 23.3 Å². The summed E-state index contributed by atoms with van der Waals surface area (Å²) in [6.45, 7) is 0.833. The highest BCUT2D eigenvalue weighted by atomic mass is 16.2. The predicted molar refractivity (Wildman–Crippen MR) is 65.4 cm³/mol. The highest BCUT2D eigenvalue weighted by Gasteiger charge is 2.09. The van der Waals surface area contributed by atoms with Crippen molar-refractivity contribution in [2.24, 2.45) is 0 Å². The molecule has 4 nitrogen and oxygen atoms in total. The number of aromatic nitrogens is 2. The minimum absolute atomic E-state index is 0.168. The Labute approximate surface area is 100 Å². The van der Waals surface area contributed by atoms with Crippen molar-refractivity contribution in [3.63, 3.8) is 0 Å². The van der Waals surface area contributed by atoms with Crippen LogP contribution in [0.4, 0.5) is 0 Å². The summed E-state index contributed by atoms with van der Waals surface area (Å²) >= 11 is 0. The molecule has 0 saturated heterocycles. The van der Waals surface area contributed by atoms with E-state index >= 15 is 0 Å². The van der Waals surface area contributed by atoms with Crippen LogP contribution < -0.4 is 0 Å². The van der Waals surface area contributed by atoms with Gasteiger partial charge < -0.3 is 9.67 Å². The van der Waals surface area contributed by atoms with Crippen LogP contribution in [0.25, 0.3) is 11.0 Å².